The summed E-state index contributed by atoms with van der Waals surface area (Å²) in [4.78, 5) is 37.2. The van der Waals surface area contributed by atoms with E-state index in [1.54, 1.807) is 6.20 Å². The summed E-state index contributed by atoms with van der Waals surface area (Å²) < 4.78 is 71.3. The topological polar surface area (TPSA) is 135 Å². The Morgan fingerprint density at radius 2 is 1.60 bits per heavy atom. The Labute approximate surface area is 224 Å². The van der Waals surface area contributed by atoms with Gasteiger partial charge in [-0.3, -0.25) is 14.5 Å². The summed E-state index contributed by atoms with van der Waals surface area (Å²) in [7, 11) is 0. The smallest absolute Gasteiger partial charge is 0.475 e. The summed E-state index contributed by atoms with van der Waals surface area (Å²) in [5.41, 5.74) is 3.95. The Morgan fingerprint density at radius 3 is 2.05 bits per heavy atom. The van der Waals surface area contributed by atoms with E-state index < -0.39 is 24.3 Å². The van der Waals surface area contributed by atoms with Gasteiger partial charge in [-0.15, -0.1) is 0 Å². The van der Waals surface area contributed by atoms with Crippen LogP contribution in [0.3, 0.4) is 0 Å². The van der Waals surface area contributed by atoms with Crippen molar-refractivity contribution >= 4 is 17.8 Å². The van der Waals surface area contributed by atoms with Gasteiger partial charge in [0.1, 0.15) is 0 Å². The van der Waals surface area contributed by atoms with E-state index in [1.807, 2.05) is 37.1 Å². The number of carboxylic acid groups (broad SMARTS) is 2. The first kappa shape index (κ1) is 32.5. The van der Waals surface area contributed by atoms with Crippen LogP contribution < -0.4 is 0 Å². The Kier molecular flexibility index (Phi) is 11.0. The summed E-state index contributed by atoms with van der Waals surface area (Å²) in [6, 6.07) is 3.66. The van der Waals surface area contributed by atoms with Crippen LogP contribution in [-0.2, 0) is 27.3 Å². The van der Waals surface area contributed by atoms with Gasteiger partial charge in [0.05, 0.1) is 30.1 Å². The average Bonchev–Trinajstić information content (AvgIpc) is 3.59. The molecule has 2 aromatic rings. The van der Waals surface area contributed by atoms with Crippen LogP contribution in [0, 0.1) is 12.8 Å². The minimum Gasteiger partial charge on any atom is -0.475 e. The van der Waals surface area contributed by atoms with Crippen LogP contribution in [0.2, 0.25) is 0 Å². The molecule has 0 spiro atoms. The normalized spacial score (nSPS) is 16.6. The van der Waals surface area contributed by atoms with Crippen molar-refractivity contribution in [3.05, 3.63) is 47.0 Å². The van der Waals surface area contributed by atoms with Crippen LogP contribution in [0.15, 0.2) is 24.5 Å². The molecule has 0 aromatic carbocycles. The summed E-state index contributed by atoms with van der Waals surface area (Å²) in [5.74, 6) is -4.76. The number of hydrogen-bond acceptors (Lipinski definition) is 6. The lowest BCUT2D eigenvalue weighted by Crippen LogP contribution is -2.43. The molecule has 16 heteroatoms. The standard InChI is InChI=1S/C20H26N4O2.2C2HF3O2/c1-3-26-13-18-19-16(11-22-24(19)12-15-5-6-15)8-9-23(18)20(25)17-7-4-14(2)21-10-17;2*3-2(4,5)1(6)7/h4,7,10-11,15,18H,3,5-6,8-9,12-13H2,1-2H3;2*(H,6,7). The van der Waals surface area contributed by atoms with Crippen molar-refractivity contribution in [2.24, 2.45) is 5.92 Å². The molecule has 1 atom stereocenters. The number of hydrogen-bond donors (Lipinski definition) is 2. The molecule has 1 amide bonds. The number of rotatable bonds is 6. The minimum atomic E-state index is -5.08. The van der Waals surface area contributed by atoms with Gasteiger partial charge in [0.15, 0.2) is 0 Å². The van der Waals surface area contributed by atoms with Crippen LogP contribution in [0.1, 0.15) is 53.1 Å². The van der Waals surface area contributed by atoms with Crippen LogP contribution in [0.25, 0.3) is 0 Å². The Morgan fingerprint density at radius 1 is 1.02 bits per heavy atom. The summed E-state index contributed by atoms with van der Waals surface area (Å²) in [5, 5.41) is 18.9. The molecule has 1 unspecified atom stereocenters. The lowest BCUT2D eigenvalue weighted by atomic mass is 9.99. The lowest BCUT2D eigenvalue weighted by molar-refractivity contribution is -0.193. The Hall–Kier alpha value is -3.69. The van der Waals surface area contributed by atoms with E-state index in [0.29, 0.717) is 25.3 Å². The highest BCUT2D eigenvalue weighted by Crippen LogP contribution is 2.35. The second-order valence-corrected chi connectivity index (χ2v) is 8.90. The number of aliphatic carboxylic acids is 2. The Balaban J connectivity index is 0.000000333. The van der Waals surface area contributed by atoms with Gasteiger partial charge in [-0.25, -0.2) is 9.59 Å². The summed E-state index contributed by atoms with van der Waals surface area (Å²) in [6.07, 6.45) is -3.11. The number of carboxylic acids is 2. The second-order valence-electron chi connectivity index (χ2n) is 8.90. The molecule has 1 saturated carbocycles. The highest BCUT2D eigenvalue weighted by molar-refractivity contribution is 5.94. The summed E-state index contributed by atoms with van der Waals surface area (Å²) in [6.45, 7) is 6.69. The number of aryl methyl sites for hydroxylation is 1. The molecule has 3 heterocycles. The van der Waals surface area contributed by atoms with Crippen molar-refractivity contribution < 1.29 is 55.7 Å². The molecule has 0 bridgehead atoms. The summed E-state index contributed by atoms with van der Waals surface area (Å²) >= 11 is 0. The van der Waals surface area contributed by atoms with E-state index in [2.05, 4.69) is 14.8 Å². The molecule has 1 aliphatic heterocycles. The molecule has 10 nitrogen and oxygen atoms in total. The van der Waals surface area contributed by atoms with Gasteiger partial charge in [0, 0.05) is 31.6 Å². The maximum Gasteiger partial charge on any atom is 0.490 e. The van der Waals surface area contributed by atoms with Crippen LogP contribution in [0.5, 0.6) is 0 Å². The third-order valence-electron chi connectivity index (χ3n) is 5.79. The number of carbonyl (C=O) groups is 3. The third kappa shape index (κ3) is 9.50. The van der Waals surface area contributed by atoms with Gasteiger partial charge < -0.3 is 19.8 Å². The molecule has 2 N–H and O–H groups in total. The molecular weight excluding hydrogens is 554 g/mol. The fraction of sp³-hybridized carbons (Fsp3) is 0.542. The molecule has 2 aromatic heterocycles. The predicted molar refractivity (Wildman–Crippen MR) is 125 cm³/mol. The highest BCUT2D eigenvalue weighted by atomic mass is 19.4. The van der Waals surface area contributed by atoms with Crippen molar-refractivity contribution in [1.29, 1.82) is 0 Å². The molecule has 1 fully saturated rings. The fourth-order valence-corrected chi connectivity index (χ4v) is 3.65. The van der Waals surface area contributed by atoms with Gasteiger partial charge in [0.25, 0.3) is 5.91 Å². The van der Waals surface area contributed by atoms with Gasteiger partial charge in [-0.05, 0) is 56.7 Å². The second kappa shape index (κ2) is 13.6. The molecule has 4 rings (SSSR count). The van der Waals surface area contributed by atoms with Crippen molar-refractivity contribution in [3.8, 4) is 0 Å². The lowest BCUT2D eigenvalue weighted by Gasteiger charge is -2.36. The number of carbonyl (C=O) groups excluding carboxylic acids is 1. The van der Waals surface area contributed by atoms with E-state index in [1.165, 1.54) is 18.4 Å². The first-order valence-corrected chi connectivity index (χ1v) is 12.0. The van der Waals surface area contributed by atoms with Crippen molar-refractivity contribution in [2.75, 3.05) is 19.8 Å². The number of nitrogens with zero attached hydrogens (tertiary/aromatic N) is 4. The van der Waals surface area contributed by atoms with Crippen LogP contribution in [0.4, 0.5) is 26.3 Å². The van der Waals surface area contributed by atoms with E-state index >= 15 is 0 Å². The van der Waals surface area contributed by atoms with E-state index in [-0.39, 0.29) is 11.9 Å². The molecule has 0 radical (unpaired) electrons. The third-order valence-corrected chi connectivity index (χ3v) is 5.79. The molecular formula is C24H28F6N4O6. The number of amides is 1. The Bertz CT molecular complexity index is 1140. The zero-order chi connectivity index (χ0) is 30.3. The fourth-order valence-electron chi connectivity index (χ4n) is 3.65. The van der Waals surface area contributed by atoms with Gasteiger partial charge in [-0.1, -0.05) is 0 Å². The van der Waals surface area contributed by atoms with Crippen molar-refractivity contribution in [1.82, 2.24) is 19.7 Å². The largest absolute Gasteiger partial charge is 0.490 e. The number of ether oxygens (including phenoxy) is 1. The number of pyridine rings is 1. The zero-order valence-electron chi connectivity index (χ0n) is 21.5. The zero-order valence-corrected chi connectivity index (χ0v) is 21.5. The van der Waals surface area contributed by atoms with Crippen molar-refractivity contribution in [2.45, 2.75) is 58.0 Å². The molecule has 2 aliphatic rings. The van der Waals surface area contributed by atoms with Gasteiger partial charge >= 0.3 is 24.3 Å². The van der Waals surface area contributed by atoms with Crippen LogP contribution >= 0.6 is 0 Å². The monoisotopic (exact) mass is 582 g/mol. The SMILES string of the molecule is CCOCC1c2c(cnn2CC2CC2)CCN1C(=O)c1ccc(C)nc1.O=C(O)C(F)(F)F.O=C(O)C(F)(F)F. The number of alkyl halides is 6. The quantitative estimate of drug-likeness (QED) is 0.488. The average molecular weight is 582 g/mol. The number of fused-ring (bicyclic) bond motifs is 1. The van der Waals surface area contributed by atoms with E-state index in [4.69, 9.17) is 24.5 Å². The molecule has 1 aliphatic carbocycles. The maximum atomic E-state index is 13.2. The van der Waals surface area contributed by atoms with E-state index in [9.17, 15) is 31.1 Å². The number of aromatic nitrogens is 3. The predicted octanol–water partition coefficient (Wildman–Crippen LogP) is 4.04. The first-order valence-electron chi connectivity index (χ1n) is 12.0. The molecule has 0 saturated heterocycles. The molecule has 222 valence electrons. The van der Waals surface area contributed by atoms with E-state index in [0.717, 1.165) is 30.3 Å². The number of halogens is 6. The maximum absolute atomic E-state index is 13.2. The molecule has 40 heavy (non-hydrogen) atoms. The van der Waals surface area contributed by atoms with Gasteiger partial charge in [0.2, 0.25) is 0 Å². The van der Waals surface area contributed by atoms with Crippen LogP contribution in [-0.4, -0.2) is 79.8 Å². The van der Waals surface area contributed by atoms with Crippen molar-refractivity contribution in [3.63, 3.8) is 0 Å². The first-order chi connectivity index (χ1) is 18.6. The minimum absolute atomic E-state index is 0.0204. The van der Waals surface area contributed by atoms with Gasteiger partial charge in [-0.2, -0.15) is 31.4 Å². The highest BCUT2D eigenvalue weighted by Gasteiger charge is 2.39.